The molecule has 0 saturated carbocycles. The number of nitrogens with two attached hydrogens (primary N) is 1. The molecule has 0 spiro atoms. The zero-order valence-corrected chi connectivity index (χ0v) is 27.3. The molecular formula is C35H41F2N7OS. The SMILES string of the molecule is CN1CC2CS(C)(C)CC2(N)CC1C1=NCC(c2ccc(-c3ccc4c(ccc5[nH]c(C6CC(F)(F)CN6C=O)nc54)c3)cc2)N1. The number of piperidine rings is 1. The van der Waals surface area contributed by atoms with E-state index in [0.29, 0.717) is 18.2 Å². The maximum atomic E-state index is 14.1. The van der Waals surface area contributed by atoms with Crippen molar-refractivity contribution < 1.29 is 13.6 Å². The predicted molar refractivity (Wildman–Crippen MR) is 183 cm³/mol. The van der Waals surface area contributed by atoms with Crippen LogP contribution in [0.4, 0.5) is 8.78 Å². The van der Waals surface area contributed by atoms with Crippen LogP contribution in [0.15, 0.2) is 59.6 Å². The first-order valence-corrected chi connectivity index (χ1v) is 18.8. The molecule has 8 rings (SSSR count). The summed E-state index contributed by atoms with van der Waals surface area (Å²) in [6, 6.07) is 18.5. The number of aliphatic imine (C=N–C) groups is 1. The van der Waals surface area contributed by atoms with Crippen LogP contribution in [-0.4, -0.2) is 100 Å². The van der Waals surface area contributed by atoms with E-state index >= 15 is 0 Å². The molecule has 5 atom stereocenters. The van der Waals surface area contributed by atoms with Crippen molar-refractivity contribution in [2.24, 2.45) is 16.6 Å². The summed E-state index contributed by atoms with van der Waals surface area (Å²) in [7, 11) is 1.60. The number of imidazole rings is 1. The van der Waals surface area contributed by atoms with Gasteiger partial charge in [0.25, 0.3) is 5.92 Å². The molecule has 4 aromatic rings. The van der Waals surface area contributed by atoms with E-state index in [1.54, 1.807) is 0 Å². The lowest BCUT2D eigenvalue weighted by Gasteiger charge is -2.45. The van der Waals surface area contributed by atoms with Crippen molar-refractivity contribution in [3.05, 3.63) is 66.0 Å². The summed E-state index contributed by atoms with van der Waals surface area (Å²) in [6.07, 6.45) is 5.88. The minimum Gasteiger partial charge on any atom is -0.364 e. The number of amidine groups is 1. The van der Waals surface area contributed by atoms with Crippen molar-refractivity contribution in [2.45, 2.75) is 42.4 Å². The maximum absolute atomic E-state index is 14.1. The van der Waals surface area contributed by atoms with E-state index in [9.17, 15) is 13.6 Å². The van der Waals surface area contributed by atoms with E-state index in [1.807, 2.05) is 18.2 Å². The smallest absolute Gasteiger partial charge is 0.267 e. The molecular weight excluding hydrogens is 604 g/mol. The lowest BCUT2D eigenvalue weighted by Crippen LogP contribution is -2.62. The molecule has 4 aliphatic rings. The molecule has 3 fully saturated rings. The highest BCUT2D eigenvalue weighted by Crippen LogP contribution is 2.56. The van der Waals surface area contributed by atoms with Gasteiger partial charge in [-0.25, -0.2) is 23.8 Å². The van der Waals surface area contributed by atoms with Gasteiger partial charge in [-0.3, -0.25) is 14.7 Å². The number of halogens is 2. The van der Waals surface area contributed by atoms with Crippen LogP contribution < -0.4 is 11.1 Å². The van der Waals surface area contributed by atoms with Crippen molar-refractivity contribution in [1.29, 1.82) is 0 Å². The molecule has 3 aromatic carbocycles. The Labute approximate surface area is 269 Å². The Morgan fingerprint density at radius 3 is 2.61 bits per heavy atom. The molecule has 4 aliphatic heterocycles. The number of alkyl halides is 2. The second-order valence-electron chi connectivity index (χ2n) is 14.6. The zero-order valence-electron chi connectivity index (χ0n) is 26.5. The van der Waals surface area contributed by atoms with Gasteiger partial charge in [-0.05, 0) is 77.6 Å². The number of H-pyrrole nitrogens is 1. The van der Waals surface area contributed by atoms with Crippen molar-refractivity contribution in [1.82, 2.24) is 25.1 Å². The summed E-state index contributed by atoms with van der Waals surface area (Å²) < 4.78 is 28.1. The lowest BCUT2D eigenvalue weighted by molar-refractivity contribution is -0.120. The molecule has 0 aliphatic carbocycles. The highest BCUT2D eigenvalue weighted by molar-refractivity contribution is 8.32. The second kappa shape index (κ2) is 10.5. The van der Waals surface area contributed by atoms with Crippen LogP contribution in [-0.2, 0) is 4.79 Å². The van der Waals surface area contributed by atoms with Crippen LogP contribution in [0.2, 0.25) is 0 Å². The van der Waals surface area contributed by atoms with Gasteiger partial charge in [0.1, 0.15) is 11.7 Å². The number of carbonyl (C=O) groups is 1. The second-order valence-corrected chi connectivity index (χ2v) is 18.7. The first-order valence-electron chi connectivity index (χ1n) is 16.0. The van der Waals surface area contributed by atoms with E-state index in [-0.39, 0.29) is 17.6 Å². The third-order valence-electron chi connectivity index (χ3n) is 10.7. The number of fused-ring (bicyclic) bond motifs is 4. The van der Waals surface area contributed by atoms with Crippen molar-refractivity contribution in [3.63, 3.8) is 0 Å². The summed E-state index contributed by atoms with van der Waals surface area (Å²) in [5.41, 5.74) is 11.9. The molecule has 5 unspecified atom stereocenters. The number of carbonyl (C=O) groups excluding carboxylic acids is 1. The summed E-state index contributed by atoms with van der Waals surface area (Å²) >= 11 is 0. The van der Waals surface area contributed by atoms with Crippen LogP contribution in [0, 0.1) is 5.92 Å². The fraction of sp³-hybridized carbons (Fsp3) is 0.457. The summed E-state index contributed by atoms with van der Waals surface area (Å²) in [5, 5.41) is 5.69. The monoisotopic (exact) mass is 645 g/mol. The summed E-state index contributed by atoms with van der Waals surface area (Å²) in [4.78, 5) is 27.9. The molecule has 3 saturated heterocycles. The Bertz CT molecular complexity index is 1870. The number of hydrogen-bond acceptors (Lipinski definition) is 6. The van der Waals surface area contributed by atoms with Crippen LogP contribution in [0.5, 0.6) is 0 Å². The Morgan fingerprint density at radius 2 is 1.83 bits per heavy atom. The Morgan fingerprint density at radius 1 is 1.04 bits per heavy atom. The molecule has 4 N–H and O–H groups in total. The van der Waals surface area contributed by atoms with Gasteiger partial charge in [0.05, 0.1) is 42.2 Å². The number of aromatic amines is 1. The van der Waals surface area contributed by atoms with E-state index in [0.717, 1.165) is 68.9 Å². The minimum atomic E-state index is -2.92. The number of amides is 1. The van der Waals surface area contributed by atoms with Gasteiger partial charge >= 0.3 is 0 Å². The fourth-order valence-corrected chi connectivity index (χ4v) is 11.9. The standard InChI is InChI=1S/C35H41F2N7OS/c1-43-16-25-17-46(2,3)19-34(25,38)13-29(43)32-39-15-28(41-32)22-6-4-21(5-7-22)23-8-10-26-24(12-23)9-11-27-31(26)42-33(40-27)30-14-35(36,37)18-44(30)20-45/h4-12,20,25,28-30H,13-19,38H2,1-3H3,(H,39,41)(H,40,42). The lowest BCUT2D eigenvalue weighted by atomic mass is 9.78. The quantitative estimate of drug-likeness (QED) is 0.264. The highest BCUT2D eigenvalue weighted by Gasteiger charge is 2.52. The molecule has 1 aromatic heterocycles. The van der Waals surface area contributed by atoms with Crippen molar-refractivity contribution in [2.75, 3.05) is 50.7 Å². The van der Waals surface area contributed by atoms with Gasteiger partial charge in [-0.15, -0.1) is 0 Å². The van der Waals surface area contributed by atoms with Crippen LogP contribution in [0.25, 0.3) is 32.9 Å². The van der Waals surface area contributed by atoms with Gasteiger partial charge in [0, 0.05) is 23.9 Å². The van der Waals surface area contributed by atoms with Gasteiger partial charge in [0.2, 0.25) is 6.41 Å². The first-order chi connectivity index (χ1) is 21.9. The first kappa shape index (κ1) is 29.8. The van der Waals surface area contributed by atoms with Gasteiger partial charge in [-0.2, -0.15) is 0 Å². The van der Waals surface area contributed by atoms with Crippen molar-refractivity contribution >= 4 is 44.1 Å². The van der Waals surface area contributed by atoms with Crippen LogP contribution in [0.3, 0.4) is 0 Å². The maximum Gasteiger partial charge on any atom is 0.267 e. The summed E-state index contributed by atoms with van der Waals surface area (Å²) in [5.74, 6) is 1.54. The zero-order chi connectivity index (χ0) is 32.0. The molecule has 1 amide bonds. The molecule has 8 nitrogen and oxygen atoms in total. The number of nitrogens with zero attached hydrogens (tertiary/aromatic N) is 4. The average Bonchev–Trinajstić information content (AvgIpc) is 3.78. The molecule has 46 heavy (non-hydrogen) atoms. The summed E-state index contributed by atoms with van der Waals surface area (Å²) in [6.45, 7) is 1.17. The normalized spacial score (nSPS) is 31.2. The van der Waals surface area contributed by atoms with E-state index in [2.05, 4.69) is 71.2 Å². The largest absolute Gasteiger partial charge is 0.364 e. The van der Waals surface area contributed by atoms with Crippen LogP contribution in [0.1, 0.15) is 36.3 Å². The highest BCUT2D eigenvalue weighted by atomic mass is 32.3. The van der Waals surface area contributed by atoms with Gasteiger partial charge < -0.3 is 20.9 Å². The molecule has 0 bridgehead atoms. The average molecular weight is 646 g/mol. The third kappa shape index (κ3) is 5.07. The Balaban J connectivity index is 0.980. The molecule has 11 heteroatoms. The number of likely N-dealkylation sites (tertiary alicyclic amines) is 2. The number of aromatic nitrogens is 2. The topological polar surface area (TPSA) is 103 Å². The molecule has 5 heterocycles. The van der Waals surface area contributed by atoms with E-state index < -0.39 is 35.0 Å². The number of nitrogens with one attached hydrogen (secondary N) is 2. The van der Waals surface area contributed by atoms with Crippen LogP contribution >= 0.6 is 10.0 Å². The number of rotatable bonds is 5. The van der Waals surface area contributed by atoms with Crippen molar-refractivity contribution in [3.8, 4) is 11.1 Å². The van der Waals surface area contributed by atoms with E-state index in [4.69, 9.17) is 15.7 Å². The predicted octanol–water partition coefficient (Wildman–Crippen LogP) is 5.06. The molecule has 242 valence electrons. The minimum absolute atomic E-state index is 0.0870. The molecule has 0 radical (unpaired) electrons. The van der Waals surface area contributed by atoms with Gasteiger partial charge in [-0.1, -0.05) is 42.5 Å². The number of likely N-dealkylation sites (N-methyl/N-ethyl adjacent to an activating group) is 1. The number of hydrogen-bond donors (Lipinski definition) is 3. The third-order valence-corrected chi connectivity index (χ3v) is 13.3. The number of benzene rings is 3. The Kier molecular flexibility index (Phi) is 6.80. The van der Waals surface area contributed by atoms with E-state index in [1.165, 1.54) is 11.3 Å². The Hall–Kier alpha value is -3.54. The fourth-order valence-electron chi connectivity index (χ4n) is 8.49. The van der Waals surface area contributed by atoms with Gasteiger partial charge in [0.15, 0.2) is 0 Å².